The summed E-state index contributed by atoms with van der Waals surface area (Å²) >= 11 is 0. The summed E-state index contributed by atoms with van der Waals surface area (Å²) < 4.78 is 0. The molecule has 18 heavy (non-hydrogen) atoms. The first-order valence-corrected chi connectivity index (χ1v) is 6.93. The van der Waals surface area contributed by atoms with Crippen LogP contribution in [0.4, 0.5) is 0 Å². The Bertz CT molecular complexity index is 250. The Hall–Kier alpha value is -0.610. The number of likely N-dealkylation sites (N-methyl/N-ethyl adjacent to an activating group) is 1. The van der Waals surface area contributed by atoms with E-state index in [1.807, 2.05) is 6.92 Å². The quantitative estimate of drug-likeness (QED) is 0.665. The first-order chi connectivity index (χ1) is 8.30. The summed E-state index contributed by atoms with van der Waals surface area (Å²) in [6.45, 7) is 9.50. The molecule has 2 atom stereocenters. The molecule has 0 amide bonds. The van der Waals surface area contributed by atoms with E-state index in [1.54, 1.807) is 7.05 Å². The molecule has 0 bridgehead atoms. The highest BCUT2D eigenvalue weighted by atomic mass is 16.4. The van der Waals surface area contributed by atoms with Crippen molar-refractivity contribution in [3.8, 4) is 0 Å². The van der Waals surface area contributed by atoms with Gasteiger partial charge in [-0.2, -0.15) is 0 Å². The van der Waals surface area contributed by atoms with E-state index < -0.39 is 11.5 Å². The number of nitrogens with one attached hydrogen (secondary N) is 1. The van der Waals surface area contributed by atoms with Crippen LogP contribution < -0.4 is 5.32 Å². The van der Waals surface area contributed by atoms with Crippen LogP contribution in [-0.4, -0.2) is 48.2 Å². The number of rotatable bonds is 9. The van der Waals surface area contributed by atoms with Crippen LogP contribution in [-0.2, 0) is 4.79 Å². The fourth-order valence-electron chi connectivity index (χ4n) is 2.19. The second kappa shape index (κ2) is 7.74. The molecule has 0 spiro atoms. The zero-order chi connectivity index (χ0) is 14.3. The minimum Gasteiger partial charge on any atom is -0.480 e. The highest BCUT2D eigenvalue weighted by molar-refractivity contribution is 5.78. The molecule has 0 radical (unpaired) electrons. The SMILES string of the molecule is CCC(CCCN(C)C(C)C(C)C)(NC)C(=O)O. The maximum absolute atomic E-state index is 11.3. The van der Waals surface area contributed by atoms with Gasteiger partial charge in [0.25, 0.3) is 0 Å². The van der Waals surface area contributed by atoms with Crippen molar-refractivity contribution in [3.63, 3.8) is 0 Å². The third-order valence-corrected chi connectivity index (χ3v) is 4.27. The Balaban J connectivity index is 4.27. The van der Waals surface area contributed by atoms with E-state index in [9.17, 15) is 9.90 Å². The fraction of sp³-hybridized carbons (Fsp3) is 0.929. The lowest BCUT2D eigenvalue weighted by molar-refractivity contribution is -0.145. The normalized spacial score (nSPS) is 16.9. The molecule has 0 saturated carbocycles. The largest absolute Gasteiger partial charge is 0.480 e. The van der Waals surface area contributed by atoms with E-state index in [0.717, 1.165) is 13.0 Å². The zero-order valence-corrected chi connectivity index (χ0v) is 12.8. The van der Waals surface area contributed by atoms with Crippen molar-refractivity contribution in [2.45, 2.75) is 58.5 Å². The predicted molar refractivity (Wildman–Crippen MR) is 75.9 cm³/mol. The van der Waals surface area contributed by atoms with Crippen molar-refractivity contribution in [1.29, 1.82) is 0 Å². The van der Waals surface area contributed by atoms with Gasteiger partial charge in [0.05, 0.1) is 0 Å². The van der Waals surface area contributed by atoms with Crippen LogP contribution in [0, 0.1) is 5.92 Å². The van der Waals surface area contributed by atoms with Gasteiger partial charge < -0.3 is 15.3 Å². The summed E-state index contributed by atoms with van der Waals surface area (Å²) in [5, 5.41) is 12.3. The van der Waals surface area contributed by atoms with Crippen molar-refractivity contribution in [2.75, 3.05) is 20.6 Å². The second-order valence-electron chi connectivity index (χ2n) is 5.56. The number of nitrogens with zero attached hydrogens (tertiary/aromatic N) is 1. The van der Waals surface area contributed by atoms with Gasteiger partial charge >= 0.3 is 5.97 Å². The van der Waals surface area contributed by atoms with Crippen molar-refractivity contribution in [2.24, 2.45) is 5.92 Å². The van der Waals surface area contributed by atoms with Gasteiger partial charge in [-0.15, -0.1) is 0 Å². The molecule has 0 heterocycles. The van der Waals surface area contributed by atoms with Crippen LogP contribution in [0.3, 0.4) is 0 Å². The Kier molecular flexibility index (Phi) is 7.48. The molecule has 0 rings (SSSR count). The minimum atomic E-state index is -0.762. The van der Waals surface area contributed by atoms with Gasteiger partial charge in [-0.05, 0) is 52.7 Å². The maximum Gasteiger partial charge on any atom is 0.323 e. The lowest BCUT2D eigenvalue weighted by Crippen LogP contribution is -2.50. The lowest BCUT2D eigenvalue weighted by atomic mass is 9.90. The molecular formula is C14H30N2O2. The lowest BCUT2D eigenvalue weighted by Gasteiger charge is -2.31. The van der Waals surface area contributed by atoms with Crippen LogP contribution in [0.1, 0.15) is 47.0 Å². The van der Waals surface area contributed by atoms with Crippen LogP contribution in [0.5, 0.6) is 0 Å². The first kappa shape index (κ1) is 17.4. The summed E-state index contributed by atoms with van der Waals surface area (Å²) in [6, 6.07) is 0.528. The highest BCUT2D eigenvalue weighted by Crippen LogP contribution is 2.18. The number of carboxylic acid groups (broad SMARTS) is 1. The van der Waals surface area contributed by atoms with Crippen LogP contribution in [0.2, 0.25) is 0 Å². The fourth-order valence-corrected chi connectivity index (χ4v) is 2.19. The molecule has 0 aromatic rings. The van der Waals surface area contributed by atoms with Gasteiger partial charge in [-0.25, -0.2) is 0 Å². The molecule has 4 heteroatoms. The average Bonchev–Trinajstić information content (AvgIpc) is 2.33. The molecule has 2 N–H and O–H groups in total. The van der Waals surface area contributed by atoms with Gasteiger partial charge in [0.1, 0.15) is 5.54 Å². The molecule has 0 aliphatic rings. The topological polar surface area (TPSA) is 52.6 Å². The summed E-state index contributed by atoms with van der Waals surface area (Å²) in [5.74, 6) is -0.123. The van der Waals surface area contributed by atoms with E-state index >= 15 is 0 Å². The third kappa shape index (κ3) is 4.58. The highest BCUT2D eigenvalue weighted by Gasteiger charge is 2.34. The van der Waals surface area contributed by atoms with Gasteiger partial charge in [0.2, 0.25) is 0 Å². The number of hydrogen-bond donors (Lipinski definition) is 2. The predicted octanol–water partition coefficient (Wildman–Crippen LogP) is 2.20. The summed E-state index contributed by atoms with van der Waals surface area (Å²) in [6.07, 6.45) is 2.18. The Labute approximate surface area is 112 Å². The molecular weight excluding hydrogens is 228 g/mol. The monoisotopic (exact) mass is 258 g/mol. The number of hydrogen-bond acceptors (Lipinski definition) is 3. The third-order valence-electron chi connectivity index (χ3n) is 4.27. The zero-order valence-electron chi connectivity index (χ0n) is 12.8. The van der Waals surface area contributed by atoms with Crippen LogP contribution >= 0.6 is 0 Å². The summed E-state index contributed by atoms with van der Waals surface area (Å²) in [7, 11) is 3.84. The van der Waals surface area contributed by atoms with Crippen molar-refractivity contribution in [3.05, 3.63) is 0 Å². The molecule has 108 valence electrons. The first-order valence-electron chi connectivity index (χ1n) is 6.93. The molecule has 0 saturated heterocycles. The van der Waals surface area contributed by atoms with Gasteiger partial charge in [0, 0.05) is 6.04 Å². The van der Waals surface area contributed by atoms with Crippen molar-refractivity contribution < 1.29 is 9.90 Å². The molecule has 4 nitrogen and oxygen atoms in total. The summed E-state index contributed by atoms with van der Waals surface area (Å²) in [5.41, 5.74) is -0.762. The Morgan fingerprint density at radius 1 is 1.39 bits per heavy atom. The van der Waals surface area contributed by atoms with Gasteiger partial charge in [0.15, 0.2) is 0 Å². The maximum atomic E-state index is 11.3. The van der Waals surface area contributed by atoms with E-state index in [2.05, 4.69) is 38.0 Å². The molecule has 0 aromatic carbocycles. The molecule has 0 aliphatic heterocycles. The smallest absolute Gasteiger partial charge is 0.323 e. The Morgan fingerprint density at radius 2 is 1.94 bits per heavy atom. The molecule has 0 aliphatic carbocycles. The Morgan fingerprint density at radius 3 is 2.28 bits per heavy atom. The summed E-state index contributed by atoms with van der Waals surface area (Å²) in [4.78, 5) is 13.6. The van der Waals surface area contributed by atoms with Crippen LogP contribution in [0.15, 0.2) is 0 Å². The van der Waals surface area contributed by atoms with Crippen LogP contribution in [0.25, 0.3) is 0 Å². The van der Waals surface area contributed by atoms with E-state index in [1.165, 1.54) is 0 Å². The number of carboxylic acids is 1. The number of carbonyl (C=O) groups is 1. The molecule has 0 aromatic heterocycles. The van der Waals surface area contributed by atoms with Gasteiger partial charge in [-0.1, -0.05) is 20.8 Å². The standard InChI is InChI=1S/C14H30N2O2/c1-7-14(15-5,13(17)18)9-8-10-16(6)12(4)11(2)3/h11-12,15H,7-10H2,1-6H3,(H,17,18). The van der Waals surface area contributed by atoms with E-state index in [0.29, 0.717) is 24.8 Å². The minimum absolute atomic E-state index is 0.528. The van der Waals surface area contributed by atoms with Gasteiger partial charge in [-0.3, -0.25) is 4.79 Å². The number of aliphatic carboxylic acids is 1. The molecule has 0 fully saturated rings. The van der Waals surface area contributed by atoms with E-state index in [4.69, 9.17) is 0 Å². The second-order valence-corrected chi connectivity index (χ2v) is 5.56. The van der Waals surface area contributed by atoms with Crippen molar-refractivity contribution in [1.82, 2.24) is 10.2 Å². The van der Waals surface area contributed by atoms with Crippen molar-refractivity contribution >= 4 is 5.97 Å². The molecule has 2 unspecified atom stereocenters. The van der Waals surface area contributed by atoms with E-state index in [-0.39, 0.29) is 0 Å². The average molecular weight is 258 g/mol.